The van der Waals surface area contributed by atoms with Crippen molar-refractivity contribution in [1.29, 1.82) is 0 Å². The number of nitrogens with zero attached hydrogens (tertiary/aromatic N) is 2. The monoisotopic (exact) mass is 558 g/mol. The van der Waals surface area contributed by atoms with Gasteiger partial charge in [0.15, 0.2) is 16.3 Å². The Morgan fingerprint density at radius 3 is 2.52 bits per heavy atom. The zero-order valence-corrected chi connectivity index (χ0v) is 23.0. The van der Waals surface area contributed by atoms with Gasteiger partial charge in [-0.05, 0) is 49.2 Å². The highest BCUT2D eigenvalue weighted by molar-refractivity contribution is 7.07. The van der Waals surface area contributed by atoms with Gasteiger partial charge in [-0.1, -0.05) is 65.9 Å². The van der Waals surface area contributed by atoms with E-state index in [0.717, 1.165) is 5.56 Å². The number of benzene rings is 3. The van der Waals surface area contributed by atoms with Crippen molar-refractivity contribution < 1.29 is 23.4 Å². The number of fused-ring (bicyclic) bond motifs is 1. The predicted octanol–water partition coefficient (Wildman–Crippen LogP) is 4.53. The van der Waals surface area contributed by atoms with E-state index in [1.165, 1.54) is 28.0 Å². The number of aromatic nitrogens is 1. The van der Waals surface area contributed by atoms with E-state index in [-0.39, 0.29) is 17.7 Å². The number of carbonyl (C=O) groups excluding carboxylic acids is 1. The molecule has 1 aromatic heterocycles. The minimum atomic E-state index is -0.822. The van der Waals surface area contributed by atoms with E-state index in [0.29, 0.717) is 44.3 Å². The molecule has 0 fully saturated rings. The van der Waals surface area contributed by atoms with Crippen LogP contribution in [-0.2, 0) is 16.1 Å². The lowest BCUT2D eigenvalue weighted by molar-refractivity contribution is -0.139. The van der Waals surface area contributed by atoms with Crippen LogP contribution in [0.5, 0.6) is 11.5 Å². The van der Waals surface area contributed by atoms with Crippen LogP contribution in [-0.4, -0.2) is 24.3 Å². The third kappa shape index (κ3) is 5.33. The lowest BCUT2D eigenvalue weighted by Crippen LogP contribution is -2.39. The Balaban J connectivity index is 1.64. The largest absolute Gasteiger partial charge is 0.493 e. The van der Waals surface area contributed by atoms with Gasteiger partial charge in [-0.2, -0.15) is 0 Å². The van der Waals surface area contributed by atoms with Crippen LogP contribution in [0.3, 0.4) is 0 Å². The van der Waals surface area contributed by atoms with Crippen molar-refractivity contribution in [3.05, 3.63) is 126 Å². The quantitative estimate of drug-likeness (QED) is 0.297. The summed E-state index contributed by atoms with van der Waals surface area (Å²) in [5.74, 6) is 0.0348. The van der Waals surface area contributed by atoms with Crippen molar-refractivity contribution in [2.45, 2.75) is 26.5 Å². The number of hydrogen-bond acceptors (Lipinski definition) is 7. The van der Waals surface area contributed by atoms with E-state index >= 15 is 0 Å². The van der Waals surface area contributed by atoms with E-state index in [2.05, 4.69) is 4.99 Å². The number of rotatable bonds is 8. The van der Waals surface area contributed by atoms with Crippen LogP contribution in [0, 0.1) is 5.82 Å². The standard InChI is InChI=1S/C31H27FN2O5S/c1-4-38-30(36)26-19(2)33-31-34(27(26)21-13-15-23(32)16-14-21)29(35)25(40-31)17-22-11-8-12-24(37-3)28(22)39-18-20-9-6-5-7-10-20/h5-17,27H,4,18H2,1-3H3/b25-17-/t27-/m0/s1. The molecule has 0 radical (unpaired) electrons. The second-order valence-electron chi connectivity index (χ2n) is 9.01. The van der Waals surface area contributed by atoms with Crippen molar-refractivity contribution >= 4 is 23.4 Å². The van der Waals surface area contributed by atoms with Gasteiger partial charge in [0.1, 0.15) is 12.4 Å². The third-order valence-electron chi connectivity index (χ3n) is 6.44. The van der Waals surface area contributed by atoms with E-state index in [4.69, 9.17) is 14.2 Å². The zero-order valence-electron chi connectivity index (χ0n) is 22.2. The SMILES string of the molecule is CCOC(=O)C1=C(C)N=c2s/c(=C\c3cccc(OC)c3OCc3ccccc3)c(=O)n2[C@H]1c1ccc(F)cc1. The number of allylic oxidation sites excluding steroid dienone is 1. The number of thiazole rings is 1. The number of esters is 1. The van der Waals surface area contributed by atoms with Crippen LogP contribution in [0.25, 0.3) is 6.08 Å². The summed E-state index contributed by atoms with van der Waals surface area (Å²) in [4.78, 5) is 31.9. The molecule has 1 atom stereocenters. The van der Waals surface area contributed by atoms with Gasteiger partial charge in [-0.3, -0.25) is 9.36 Å². The summed E-state index contributed by atoms with van der Waals surface area (Å²) in [7, 11) is 1.56. The van der Waals surface area contributed by atoms with Crippen molar-refractivity contribution in [2.24, 2.45) is 4.99 Å². The lowest BCUT2D eigenvalue weighted by Gasteiger charge is -2.24. The summed E-state index contributed by atoms with van der Waals surface area (Å²) in [6.07, 6.45) is 1.73. The molecule has 0 aliphatic carbocycles. The molecule has 0 bridgehead atoms. The minimum Gasteiger partial charge on any atom is -0.493 e. The molecule has 0 amide bonds. The topological polar surface area (TPSA) is 79.1 Å². The fourth-order valence-electron chi connectivity index (χ4n) is 4.58. The number of carbonyl (C=O) groups is 1. The summed E-state index contributed by atoms with van der Waals surface area (Å²) >= 11 is 1.20. The number of para-hydroxylation sites is 1. The molecule has 2 heterocycles. The number of hydrogen-bond donors (Lipinski definition) is 0. The van der Waals surface area contributed by atoms with Gasteiger partial charge in [0, 0.05) is 5.56 Å². The van der Waals surface area contributed by atoms with Crippen LogP contribution in [0.4, 0.5) is 4.39 Å². The molecule has 40 heavy (non-hydrogen) atoms. The molecule has 9 heteroatoms. The maximum absolute atomic E-state index is 13.9. The van der Waals surface area contributed by atoms with Crippen LogP contribution in [0.15, 0.2) is 93.9 Å². The second kappa shape index (κ2) is 11.7. The molecule has 0 saturated heterocycles. The molecule has 0 saturated carbocycles. The van der Waals surface area contributed by atoms with Crippen LogP contribution < -0.4 is 24.4 Å². The Morgan fingerprint density at radius 2 is 1.82 bits per heavy atom. The molecular weight excluding hydrogens is 531 g/mol. The van der Waals surface area contributed by atoms with Gasteiger partial charge < -0.3 is 14.2 Å². The smallest absolute Gasteiger partial charge is 0.338 e. The Hall–Kier alpha value is -4.50. The maximum Gasteiger partial charge on any atom is 0.338 e. The van der Waals surface area contributed by atoms with Crippen LogP contribution >= 0.6 is 11.3 Å². The minimum absolute atomic E-state index is 0.164. The molecular formula is C31H27FN2O5S. The summed E-state index contributed by atoms with van der Waals surface area (Å²) in [5, 5.41) is 0. The first-order valence-corrected chi connectivity index (χ1v) is 13.5. The summed E-state index contributed by atoms with van der Waals surface area (Å²) < 4.78 is 32.7. The highest BCUT2D eigenvalue weighted by Crippen LogP contribution is 2.33. The van der Waals surface area contributed by atoms with Gasteiger partial charge in [-0.15, -0.1) is 0 Å². The first kappa shape index (κ1) is 27.1. The van der Waals surface area contributed by atoms with Crippen LogP contribution in [0.1, 0.15) is 36.6 Å². The van der Waals surface area contributed by atoms with Gasteiger partial charge in [-0.25, -0.2) is 14.2 Å². The molecule has 5 rings (SSSR count). The average molecular weight is 559 g/mol. The summed E-state index contributed by atoms with van der Waals surface area (Å²) in [5.41, 5.74) is 2.54. The Labute approximate surface area is 234 Å². The normalized spacial score (nSPS) is 14.9. The van der Waals surface area contributed by atoms with Crippen molar-refractivity contribution in [2.75, 3.05) is 13.7 Å². The Bertz CT molecular complexity index is 1760. The molecule has 204 valence electrons. The molecule has 0 unspecified atom stereocenters. The van der Waals surface area contributed by atoms with Gasteiger partial charge >= 0.3 is 5.97 Å². The molecule has 0 spiro atoms. The number of ether oxygens (including phenoxy) is 3. The van der Waals surface area contributed by atoms with E-state index in [1.54, 1.807) is 45.2 Å². The summed E-state index contributed by atoms with van der Waals surface area (Å²) in [6.45, 7) is 3.90. The highest BCUT2D eigenvalue weighted by Gasteiger charge is 2.33. The molecule has 1 aliphatic rings. The van der Waals surface area contributed by atoms with Gasteiger partial charge in [0.2, 0.25) is 0 Å². The number of halogens is 1. The van der Waals surface area contributed by atoms with Gasteiger partial charge in [0.25, 0.3) is 5.56 Å². The number of methoxy groups -OCH3 is 1. The highest BCUT2D eigenvalue weighted by atomic mass is 32.1. The van der Waals surface area contributed by atoms with Crippen molar-refractivity contribution in [3.8, 4) is 11.5 Å². The van der Waals surface area contributed by atoms with E-state index < -0.39 is 17.8 Å². The fraction of sp³-hybridized carbons (Fsp3) is 0.194. The van der Waals surface area contributed by atoms with E-state index in [1.807, 2.05) is 42.5 Å². The van der Waals surface area contributed by atoms with Crippen molar-refractivity contribution in [3.63, 3.8) is 0 Å². The second-order valence-corrected chi connectivity index (χ2v) is 10.0. The molecule has 0 N–H and O–H groups in total. The zero-order chi connectivity index (χ0) is 28.2. The van der Waals surface area contributed by atoms with E-state index in [9.17, 15) is 14.0 Å². The predicted molar refractivity (Wildman–Crippen MR) is 151 cm³/mol. The lowest BCUT2D eigenvalue weighted by atomic mass is 9.96. The Kier molecular flexibility index (Phi) is 7.93. The van der Waals surface area contributed by atoms with Gasteiger partial charge in [0.05, 0.1) is 35.6 Å². The Morgan fingerprint density at radius 1 is 1.07 bits per heavy atom. The first-order chi connectivity index (χ1) is 19.4. The third-order valence-corrected chi connectivity index (χ3v) is 7.43. The molecule has 7 nitrogen and oxygen atoms in total. The molecule has 4 aromatic rings. The average Bonchev–Trinajstić information content (AvgIpc) is 3.26. The summed E-state index contributed by atoms with van der Waals surface area (Å²) in [6, 6.07) is 20.1. The van der Waals surface area contributed by atoms with Crippen molar-refractivity contribution in [1.82, 2.24) is 4.57 Å². The molecule has 1 aliphatic heterocycles. The molecule has 3 aromatic carbocycles. The maximum atomic E-state index is 13.9. The van der Waals surface area contributed by atoms with Crippen LogP contribution in [0.2, 0.25) is 0 Å². The first-order valence-electron chi connectivity index (χ1n) is 12.7. The fourth-order valence-corrected chi connectivity index (χ4v) is 5.62.